The molecular weight excluding hydrogens is 472 g/mol. The number of hydrogen-bond donors (Lipinski definition) is 3. The van der Waals surface area contributed by atoms with Crippen LogP contribution in [0.15, 0.2) is 18.2 Å². The summed E-state index contributed by atoms with van der Waals surface area (Å²) in [6, 6.07) is 3.40. The van der Waals surface area contributed by atoms with Crippen molar-refractivity contribution in [2.75, 3.05) is 46.1 Å². The van der Waals surface area contributed by atoms with Gasteiger partial charge in [-0.3, -0.25) is 34.2 Å². The largest absolute Gasteiger partial charge is 0.483 e. The van der Waals surface area contributed by atoms with E-state index >= 15 is 0 Å². The third kappa shape index (κ3) is 6.07. The summed E-state index contributed by atoms with van der Waals surface area (Å²) in [5.74, 6) is -2.81. The van der Waals surface area contributed by atoms with Crippen LogP contribution in [-0.4, -0.2) is 92.6 Å². The Labute approximate surface area is 208 Å². The third-order valence-corrected chi connectivity index (χ3v) is 6.22. The maximum atomic E-state index is 13.0. The lowest BCUT2D eigenvalue weighted by Crippen LogP contribution is -2.54. The number of ether oxygens (including phenoxy) is 3. The molecule has 2 fully saturated rings. The maximum Gasteiger partial charge on any atom is 0.266 e. The number of nitrogens with one attached hydrogen (secondary N) is 3. The Morgan fingerprint density at radius 2 is 1.83 bits per heavy atom. The van der Waals surface area contributed by atoms with Crippen LogP contribution >= 0.6 is 0 Å². The minimum atomic E-state index is -1.07. The van der Waals surface area contributed by atoms with E-state index in [1.165, 1.54) is 18.2 Å². The Morgan fingerprint density at radius 3 is 2.61 bits per heavy atom. The minimum absolute atomic E-state index is 0.00270. The Bertz CT molecular complexity index is 1020. The van der Waals surface area contributed by atoms with E-state index in [1.54, 1.807) is 0 Å². The molecule has 3 aliphatic rings. The van der Waals surface area contributed by atoms with Crippen LogP contribution < -0.4 is 20.7 Å². The van der Waals surface area contributed by atoms with Crippen LogP contribution in [0.3, 0.4) is 0 Å². The fourth-order valence-electron chi connectivity index (χ4n) is 4.40. The summed E-state index contributed by atoms with van der Waals surface area (Å²) in [6.07, 6.45) is 2.35. The average molecular weight is 503 g/mol. The van der Waals surface area contributed by atoms with Crippen molar-refractivity contribution in [3.8, 4) is 5.75 Å². The standard InChI is InChI=1S/C24H30N4O8/c29-19-5-4-17(22(31)27-19)28-23(32)16-2-1-3-18(21(16)24(28)33)36-14-20(30)26-10-11-34-12-13-35-15-6-8-25-9-7-15/h1-3,15,17,25H,4-14H2,(H,26,30)(H,27,29,31). The Balaban J connectivity index is 1.21. The van der Waals surface area contributed by atoms with Crippen molar-refractivity contribution in [3.05, 3.63) is 29.3 Å². The summed E-state index contributed by atoms with van der Waals surface area (Å²) >= 11 is 0. The van der Waals surface area contributed by atoms with Gasteiger partial charge in [-0.25, -0.2) is 0 Å². The van der Waals surface area contributed by atoms with E-state index in [-0.39, 0.29) is 49.0 Å². The molecular formula is C24H30N4O8. The first-order chi connectivity index (χ1) is 17.5. The van der Waals surface area contributed by atoms with Crippen molar-refractivity contribution < 1.29 is 38.2 Å². The van der Waals surface area contributed by atoms with Crippen LogP contribution in [-0.2, 0) is 23.9 Å². The second kappa shape index (κ2) is 12.1. The Hall–Kier alpha value is -3.35. The summed E-state index contributed by atoms with van der Waals surface area (Å²) in [4.78, 5) is 62.5. The van der Waals surface area contributed by atoms with E-state index in [4.69, 9.17) is 14.2 Å². The zero-order valence-corrected chi connectivity index (χ0v) is 19.9. The normalized spacial score (nSPS) is 20.3. The number of rotatable bonds is 11. The highest BCUT2D eigenvalue weighted by atomic mass is 16.5. The molecule has 4 rings (SSSR count). The molecule has 3 aliphatic heterocycles. The first-order valence-corrected chi connectivity index (χ1v) is 12.1. The monoisotopic (exact) mass is 502 g/mol. The lowest BCUT2D eigenvalue weighted by Gasteiger charge is -2.27. The molecule has 194 valence electrons. The summed E-state index contributed by atoms with van der Waals surface area (Å²) < 4.78 is 16.8. The van der Waals surface area contributed by atoms with Crippen molar-refractivity contribution in [2.45, 2.75) is 37.8 Å². The molecule has 0 saturated carbocycles. The fraction of sp³-hybridized carbons (Fsp3) is 0.542. The third-order valence-electron chi connectivity index (χ3n) is 6.22. The minimum Gasteiger partial charge on any atom is -0.483 e. The van der Waals surface area contributed by atoms with Crippen molar-refractivity contribution in [1.29, 1.82) is 0 Å². The molecule has 0 aromatic heterocycles. The van der Waals surface area contributed by atoms with Gasteiger partial charge in [-0.1, -0.05) is 6.07 Å². The van der Waals surface area contributed by atoms with Crippen molar-refractivity contribution in [2.24, 2.45) is 0 Å². The molecule has 0 radical (unpaired) electrons. The SMILES string of the molecule is O=C(COc1cccc2c1C(=O)N(C1CCC(=O)NC1=O)C2=O)NCCOCCOC1CCNCC1. The van der Waals surface area contributed by atoms with E-state index in [2.05, 4.69) is 16.0 Å². The van der Waals surface area contributed by atoms with Gasteiger partial charge in [0.1, 0.15) is 11.8 Å². The molecule has 3 heterocycles. The van der Waals surface area contributed by atoms with E-state index in [0.717, 1.165) is 30.8 Å². The number of amides is 5. The molecule has 0 spiro atoms. The molecule has 0 bridgehead atoms. The van der Waals surface area contributed by atoms with Gasteiger partial charge in [0.25, 0.3) is 17.7 Å². The van der Waals surface area contributed by atoms with Gasteiger partial charge in [0.05, 0.1) is 37.1 Å². The van der Waals surface area contributed by atoms with Gasteiger partial charge in [-0.15, -0.1) is 0 Å². The topological polar surface area (TPSA) is 152 Å². The zero-order valence-electron chi connectivity index (χ0n) is 19.9. The molecule has 1 atom stereocenters. The lowest BCUT2D eigenvalue weighted by molar-refractivity contribution is -0.136. The molecule has 12 heteroatoms. The van der Waals surface area contributed by atoms with Crippen LogP contribution in [0.25, 0.3) is 0 Å². The predicted molar refractivity (Wildman–Crippen MR) is 124 cm³/mol. The summed E-state index contributed by atoms with van der Waals surface area (Å²) in [7, 11) is 0. The molecule has 1 aromatic rings. The molecule has 12 nitrogen and oxygen atoms in total. The van der Waals surface area contributed by atoms with E-state index in [1.807, 2.05) is 0 Å². The number of nitrogens with zero attached hydrogens (tertiary/aromatic N) is 1. The smallest absolute Gasteiger partial charge is 0.266 e. The number of fused-ring (bicyclic) bond motifs is 1. The Morgan fingerprint density at radius 1 is 1.03 bits per heavy atom. The Kier molecular flexibility index (Phi) is 8.62. The number of piperidine rings is 2. The second-order valence-electron chi connectivity index (χ2n) is 8.70. The quantitative estimate of drug-likeness (QED) is 0.265. The highest BCUT2D eigenvalue weighted by Gasteiger charge is 2.46. The molecule has 5 amide bonds. The highest BCUT2D eigenvalue weighted by Crippen LogP contribution is 2.33. The number of benzene rings is 1. The molecule has 36 heavy (non-hydrogen) atoms. The van der Waals surface area contributed by atoms with Crippen LogP contribution in [0.1, 0.15) is 46.4 Å². The van der Waals surface area contributed by atoms with Crippen LogP contribution in [0.4, 0.5) is 0 Å². The number of hydrogen-bond acceptors (Lipinski definition) is 9. The number of imide groups is 2. The van der Waals surface area contributed by atoms with Gasteiger partial charge in [0.15, 0.2) is 6.61 Å². The van der Waals surface area contributed by atoms with Gasteiger partial charge in [0.2, 0.25) is 11.8 Å². The van der Waals surface area contributed by atoms with Gasteiger partial charge >= 0.3 is 0 Å². The van der Waals surface area contributed by atoms with Gasteiger partial charge < -0.3 is 24.8 Å². The number of carbonyl (C=O) groups is 5. The van der Waals surface area contributed by atoms with Crippen LogP contribution in [0.2, 0.25) is 0 Å². The summed E-state index contributed by atoms with van der Waals surface area (Å²) in [5, 5.41) is 8.10. The fourth-order valence-corrected chi connectivity index (χ4v) is 4.40. The van der Waals surface area contributed by atoms with E-state index in [0.29, 0.717) is 19.8 Å². The van der Waals surface area contributed by atoms with Gasteiger partial charge in [0, 0.05) is 13.0 Å². The van der Waals surface area contributed by atoms with E-state index in [9.17, 15) is 24.0 Å². The van der Waals surface area contributed by atoms with Crippen molar-refractivity contribution in [3.63, 3.8) is 0 Å². The molecule has 1 aromatic carbocycles. The van der Waals surface area contributed by atoms with Crippen LogP contribution in [0.5, 0.6) is 5.75 Å². The molecule has 0 aliphatic carbocycles. The molecule has 1 unspecified atom stereocenters. The molecule has 2 saturated heterocycles. The first-order valence-electron chi connectivity index (χ1n) is 12.1. The zero-order chi connectivity index (χ0) is 25.5. The summed E-state index contributed by atoms with van der Waals surface area (Å²) in [6.45, 7) is 3.10. The molecule has 3 N–H and O–H groups in total. The van der Waals surface area contributed by atoms with Crippen molar-refractivity contribution in [1.82, 2.24) is 20.9 Å². The highest BCUT2D eigenvalue weighted by molar-refractivity contribution is 6.24. The van der Waals surface area contributed by atoms with Crippen LogP contribution in [0, 0.1) is 0 Å². The van der Waals surface area contributed by atoms with Gasteiger partial charge in [-0.2, -0.15) is 0 Å². The predicted octanol–water partition coefficient (Wildman–Crippen LogP) is -0.632. The van der Waals surface area contributed by atoms with Gasteiger partial charge in [-0.05, 0) is 44.5 Å². The average Bonchev–Trinajstić information content (AvgIpc) is 3.13. The van der Waals surface area contributed by atoms with E-state index < -0.39 is 35.6 Å². The maximum absolute atomic E-state index is 13.0. The summed E-state index contributed by atoms with van der Waals surface area (Å²) in [5.41, 5.74) is 0.0831. The first kappa shape index (κ1) is 25.7. The second-order valence-corrected chi connectivity index (χ2v) is 8.70. The van der Waals surface area contributed by atoms with Crippen molar-refractivity contribution >= 4 is 29.5 Å². The lowest BCUT2D eigenvalue weighted by atomic mass is 10.0. The number of carbonyl (C=O) groups excluding carboxylic acids is 5.